The van der Waals surface area contributed by atoms with Crippen molar-refractivity contribution in [1.82, 2.24) is 0 Å². The topological polar surface area (TPSA) is 29.4 Å². The van der Waals surface area contributed by atoms with Gasteiger partial charge in [-0.25, -0.2) is 0 Å². The van der Waals surface area contributed by atoms with Crippen LogP contribution in [-0.4, -0.2) is 18.9 Å². The van der Waals surface area contributed by atoms with Crippen LogP contribution in [0.25, 0.3) is 0 Å². The molecule has 0 bridgehead atoms. The van der Waals surface area contributed by atoms with Gasteiger partial charge in [-0.1, -0.05) is 11.3 Å². The molecule has 1 aliphatic carbocycles. The van der Waals surface area contributed by atoms with Crippen LogP contribution in [0, 0.1) is 10.8 Å². The van der Waals surface area contributed by atoms with Crippen molar-refractivity contribution in [3.8, 4) is 0 Å². The molecule has 2 nitrogen and oxygen atoms in total. The highest BCUT2D eigenvalue weighted by Crippen LogP contribution is 2.39. The van der Waals surface area contributed by atoms with Crippen LogP contribution in [0.1, 0.15) is 6.42 Å². The zero-order valence-electron chi connectivity index (χ0n) is 8.27. The molecular weight excluding hydrogens is 252 g/mol. The molecule has 0 fully saturated rings. The predicted molar refractivity (Wildman–Crippen MR) is 47.0 cm³/mol. The van der Waals surface area contributed by atoms with Crippen LogP contribution in [-0.2, 0) is 0 Å². The molecule has 1 aliphatic rings. The van der Waals surface area contributed by atoms with Crippen molar-refractivity contribution in [2.24, 2.45) is 11.1 Å². The maximum atomic E-state index is 12.3. The molecule has 0 radical (unpaired) electrons. The summed E-state index contributed by atoms with van der Waals surface area (Å²) in [4.78, 5) is 9.92. The van der Waals surface area contributed by atoms with Crippen molar-refractivity contribution in [3.63, 3.8) is 0 Å². The Kier molecular flexibility index (Phi) is 3.63. The molecule has 0 aromatic heterocycles. The van der Waals surface area contributed by atoms with E-state index in [-0.39, 0.29) is 6.08 Å². The van der Waals surface area contributed by atoms with Gasteiger partial charge >= 0.3 is 12.4 Å². The Balaban J connectivity index is 3.08. The summed E-state index contributed by atoms with van der Waals surface area (Å²) in [5.41, 5.74) is -2.68. The first-order valence-corrected chi connectivity index (χ1v) is 4.50. The molecule has 0 aromatic carbocycles. The number of rotatable bonds is 2. The molecule has 0 amide bonds. The van der Waals surface area contributed by atoms with E-state index in [4.69, 9.17) is 0 Å². The SMILES string of the molecule is O=NCC1C=C(C(F)(F)F)C=C(C(F)(F)F)C1. The average Bonchev–Trinajstić information content (AvgIpc) is 2.15. The minimum absolute atomic E-state index is 0.0707. The van der Waals surface area contributed by atoms with Crippen molar-refractivity contribution < 1.29 is 26.3 Å². The molecule has 17 heavy (non-hydrogen) atoms. The van der Waals surface area contributed by atoms with Crippen LogP contribution in [0.4, 0.5) is 26.3 Å². The Morgan fingerprint density at radius 2 is 1.76 bits per heavy atom. The summed E-state index contributed by atoms with van der Waals surface area (Å²) in [7, 11) is 0. The second-order valence-electron chi connectivity index (χ2n) is 3.56. The maximum absolute atomic E-state index is 12.3. The Morgan fingerprint density at radius 3 is 2.18 bits per heavy atom. The Bertz CT molecular complexity index is 365. The number of alkyl halides is 6. The number of hydrogen-bond donors (Lipinski definition) is 0. The fourth-order valence-corrected chi connectivity index (χ4v) is 1.48. The van der Waals surface area contributed by atoms with Gasteiger partial charge in [-0.2, -0.15) is 31.2 Å². The third-order valence-electron chi connectivity index (χ3n) is 2.23. The maximum Gasteiger partial charge on any atom is 0.416 e. The molecular formula is C9H7F6NO. The summed E-state index contributed by atoms with van der Waals surface area (Å²) in [6, 6.07) is 0. The monoisotopic (exact) mass is 259 g/mol. The summed E-state index contributed by atoms with van der Waals surface area (Å²) in [6.07, 6.45) is -9.67. The van der Waals surface area contributed by atoms with E-state index < -0.39 is 42.4 Å². The van der Waals surface area contributed by atoms with E-state index in [2.05, 4.69) is 5.18 Å². The first kappa shape index (κ1) is 13.7. The van der Waals surface area contributed by atoms with E-state index in [0.717, 1.165) is 0 Å². The molecule has 0 N–H and O–H groups in total. The van der Waals surface area contributed by atoms with E-state index in [0.29, 0.717) is 6.08 Å². The van der Waals surface area contributed by atoms with E-state index in [1.807, 2.05) is 0 Å². The van der Waals surface area contributed by atoms with Crippen molar-refractivity contribution in [1.29, 1.82) is 0 Å². The lowest BCUT2D eigenvalue weighted by atomic mass is 9.89. The van der Waals surface area contributed by atoms with Gasteiger partial charge in [-0.05, 0) is 12.5 Å². The van der Waals surface area contributed by atoms with Gasteiger partial charge in [0.1, 0.15) is 0 Å². The van der Waals surface area contributed by atoms with Gasteiger partial charge in [0.15, 0.2) is 0 Å². The molecule has 0 aliphatic heterocycles. The Hall–Kier alpha value is -1.34. The number of allylic oxidation sites excluding steroid dienone is 3. The van der Waals surface area contributed by atoms with E-state index in [1.54, 1.807) is 0 Å². The van der Waals surface area contributed by atoms with Gasteiger partial charge in [0.25, 0.3) is 0 Å². The van der Waals surface area contributed by atoms with Crippen LogP contribution in [0.3, 0.4) is 0 Å². The van der Waals surface area contributed by atoms with Crippen molar-refractivity contribution in [2.45, 2.75) is 18.8 Å². The first-order valence-electron chi connectivity index (χ1n) is 4.50. The summed E-state index contributed by atoms with van der Waals surface area (Å²) in [5, 5.41) is 2.34. The summed E-state index contributed by atoms with van der Waals surface area (Å²) in [5.74, 6) is -1.16. The lowest BCUT2D eigenvalue weighted by molar-refractivity contribution is -0.0998. The van der Waals surface area contributed by atoms with Crippen LogP contribution in [0.5, 0.6) is 0 Å². The summed E-state index contributed by atoms with van der Waals surface area (Å²) >= 11 is 0. The second-order valence-corrected chi connectivity index (χ2v) is 3.56. The number of nitrogens with zero attached hydrogens (tertiary/aromatic N) is 1. The highest BCUT2D eigenvalue weighted by Gasteiger charge is 2.41. The van der Waals surface area contributed by atoms with Crippen molar-refractivity contribution in [3.05, 3.63) is 28.2 Å². The van der Waals surface area contributed by atoms with Crippen molar-refractivity contribution >= 4 is 0 Å². The zero-order chi connectivity index (χ0) is 13.3. The molecule has 0 spiro atoms. The molecule has 96 valence electrons. The Labute approximate surface area is 92.0 Å². The molecule has 1 rings (SSSR count). The molecule has 1 atom stereocenters. The third-order valence-corrected chi connectivity index (χ3v) is 2.23. The standard InChI is InChI=1S/C9H7F6NO/c10-8(11,12)6-1-5(4-16-17)2-7(3-6)9(13,14)15/h1,3,5H,2,4H2. The lowest BCUT2D eigenvalue weighted by Gasteiger charge is -2.22. The molecule has 8 heteroatoms. The van der Waals surface area contributed by atoms with Gasteiger partial charge in [0.2, 0.25) is 0 Å². The van der Waals surface area contributed by atoms with Crippen LogP contribution < -0.4 is 0 Å². The zero-order valence-corrected chi connectivity index (χ0v) is 8.27. The van der Waals surface area contributed by atoms with Crippen LogP contribution in [0.15, 0.2) is 28.5 Å². The van der Waals surface area contributed by atoms with Gasteiger partial charge in [-0.3, -0.25) is 0 Å². The van der Waals surface area contributed by atoms with E-state index >= 15 is 0 Å². The molecule has 0 saturated heterocycles. The van der Waals surface area contributed by atoms with Crippen LogP contribution in [0.2, 0.25) is 0 Å². The molecule has 0 heterocycles. The lowest BCUT2D eigenvalue weighted by Crippen LogP contribution is -2.23. The normalized spacial score (nSPS) is 21.9. The fraction of sp³-hybridized carbons (Fsp3) is 0.556. The average molecular weight is 259 g/mol. The minimum Gasteiger partial charge on any atom is -0.166 e. The van der Waals surface area contributed by atoms with E-state index in [9.17, 15) is 31.2 Å². The number of hydrogen-bond acceptors (Lipinski definition) is 2. The minimum atomic E-state index is -4.86. The summed E-state index contributed by atoms with van der Waals surface area (Å²) < 4.78 is 74.0. The fourth-order valence-electron chi connectivity index (χ4n) is 1.48. The van der Waals surface area contributed by atoms with Gasteiger partial charge < -0.3 is 0 Å². The molecule has 1 unspecified atom stereocenters. The predicted octanol–water partition coefficient (Wildman–Crippen LogP) is 3.75. The highest BCUT2D eigenvalue weighted by molar-refractivity contribution is 5.35. The number of halogens is 6. The molecule has 0 saturated carbocycles. The highest BCUT2D eigenvalue weighted by atomic mass is 19.4. The quantitative estimate of drug-likeness (QED) is 0.548. The van der Waals surface area contributed by atoms with Gasteiger partial charge in [0, 0.05) is 11.5 Å². The smallest absolute Gasteiger partial charge is 0.166 e. The van der Waals surface area contributed by atoms with Crippen molar-refractivity contribution in [2.75, 3.05) is 6.54 Å². The van der Waals surface area contributed by atoms with Gasteiger partial charge in [0.05, 0.1) is 12.1 Å². The first-order chi connectivity index (χ1) is 7.64. The largest absolute Gasteiger partial charge is 0.416 e. The summed E-state index contributed by atoms with van der Waals surface area (Å²) in [6.45, 7) is -0.604. The third kappa shape index (κ3) is 3.57. The second kappa shape index (κ2) is 4.50. The van der Waals surface area contributed by atoms with Crippen LogP contribution >= 0.6 is 0 Å². The Morgan fingerprint density at radius 1 is 1.18 bits per heavy atom. The van der Waals surface area contributed by atoms with E-state index in [1.165, 1.54) is 0 Å². The van der Waals surface area contributed by atoms with Gasteiger partial charge in [-0.15, -0.1) is 0 Å². The number of nitroso groups, excluding NO2 is 1. The molecule has 0 aromatic rings.